The van der Waals surface area contributed by atoms with Crippen LogP contribution in [0, 0.1) is 0 Å². The van der Waals surface area contributed by atoms with Gasteiger partial charge in [-0.1, -0.05) is 49.4 Å². The predicted octanol–water partition coefficient (Wildman–Crippen LogP) is 4.28. The van der Waals surface area contributed by atoms with Gasteiger partial charge in [-0.2, -0.15) is 0 Å². The third kappa shape index (κ3) is 4.17. The average Bonchev–Trinajstić information content (AvgIpc) is 3.30. The van der Waals surface area contributed by atoms with E-state index in [0.717, 1.165) is 5.56 Å². The van der Waals surface area contributed by atoms with Crippen LogP contribution in [0.2, 0.25) is 0 Å². The van der Waals surface area contributed by atoms with Crippen molar-refractivity contribution in [3.63, 3.8) is 0 Å². The van der Waals surface area contributed by atoms with E-state index in [1.807, 2.05) is 24.3 Å². The van der Waals surface area contributed by atoms with Gasteiger partial charge in [0.1, 0.15) is 5.76 Å². The van der Waals surface area contributed by atoms with E-state index in [9.17, 15) is 9.59 Å². The maximum Gasteiger partial charge on any atom is 0.338 e. The first-order chi connectivity index (χ1) is 15.3. The zero-order chi connectivity index (χ0) is 23.0. The normalized spacial score (nSPS) is 16.3. The Kier molecular flexibility index (Phi) is 6.35. The molecule has 1 aliphatic rings. The van der Waals surface area contributed by atoms with Crippen LogP contribution in [0.5, 0.6) is 0 Å². The van der Waals surface area contributed by atoms with Gasteiger partial charge in [-0.25, -0.2) is 9.79 Å². The Morgan fingerprint density at radius 1 is 1.28 bits per heavy atom. The van der Waals surface area contributed by atoms with Crippen LogP contribution in [0.1, 0.15) is 56.5 Å². The lowest BCUT2D eigenvalue weighted by Crippen LogP contribution is -2.39. The molecule has 0 bridgehead atoms. The van der Waals surface area contributed by atoms with Crippen LogP contribution in [0.4, 0.5) is 0 Å². The second kappa shape index (κ2) is 9.03. The number of allylic oxidation sites excluding steroid dienone is 1. The van der Waals surface area contributed by atoms with Crippen molar-refractivity contribution in [3.8, 4) is 0 Å². The maximum atomic E-state index is 13.5. The number of fused-ring (bicyclic) bond motifs is 1. The van der Waals surface area contributed by atoms with Crippen molar-refractivity contribution >= 4 is 39.3 Å². The molecule has 1 aromatic carbocycles. The molecule has 166 valence electrons. The summed E-state index contributed by atoms with van der Waals surface area (Å²) in [7, 11) is 0. The second-order valence-electron chi connectivity index (χ2n) is 7.77. The van der Waals surface area contributed by atoms with Crippen molar-refractivity contribution in [2.24, 2.45) is 4.99 Å². The van der Waals surface area contributed by atoms with E-state index >= 15 is 0 Å². The number of esters is 1. The monoisotopic (exact) mass is 514 g/mol. The van der Waals surface area contributed by atoms with E-state index in [1.54, 1.807) is 36.6 Å². The van der Waals surface area contributed by atoms with Crippen LogP contribution in [-0.2, 0) is 9.53 Å². The Labute approximate surface area is 197 Å². The van der Waals surface area contributed by atoms with Gasteiger partial charge in [-0.3, -0.25) is 9.36 Å². The van der Waals surface area contributed by atoms with Gasteiger partial charge in [0, 0.05) is 6.08 Å². The first kappa shape index (κ1) is 22.5. The van der Waals surface area contributed by atoms with Gasteiger partial charge >= 0.3 is 5.97 Å². The van der Waals surface area contributed by atoms with Crippen molar-refractivity contribution in [3.05, 3.63) is 88.9 Å². The summed E-state index contributed by atoms with van der Waals surface area (Å²) >= 11 is 4.55. The molecule has 3 heterocycles. The number of hydrogen-bond acceptors (Lipinski definition) is 6. The van der Waals surface area contributed by atoms with Crippen molar-refractivity contribution < 1.29 is 13.9 Å². The van der Waals surface area contributed by atoms with Crippen LogP contribution >= 0.6 is 27.3 Å². The zero-order valence-corrected chi connectivity index (χ0v) is 20.6. The van der Waals surface area contributed by atoms with Crippen molar-refractivity contribution in [2.75, 3.05) is 6.61 Å². The van der Waals surface area contributed by atoms with Crippen LogP contribution in [0.25, 0.3) is 6.08 Å². The molecule has 1 aliphatic heterocycles. The number of carbonyl (C=O) groups is 1. The SMILES string of the molecule is CCOC(=O)C1=C(C)N=c2s/c(=C\c3ccc(Br)o3)c(=O)n2[C@@H]1c1ccc(C(C)C)cc1. The summed E-state index contributed by atoms with van der Waals surface area (Å²) in [6.07, 6.45) is 1.69. The summed E-state index contributed by atoms with van der Waals surface area (Å²) in [5.74, 6) is 0.470. The third-order valence-electron chi connectivity index (χ3n) is 5.30. The maximum absolute atomic E-state index is 13.5. The molecule has 4 rings (SSSR count). The van der Waals surface area contributed by atoms with Crippen LogP contribution < -0.4 is 14.9 Å². The smallest absolute Gasteiger partial charge is 0.338 e. The van der Waals surface area contributed by atoms with Gasteiger partial charge in [0.2, 0.25) is 0 Å². The molecule has 0 amide bonds. The highest BCUT2D eigenvalue weighted by atomic mass is 79.9. The summed E-state index contributed by atoms with van der Waals surface area (Å²) < 4.78 is 13.5. The lowest BCUT2D eigenvalue weighted by molar-refractivity contribution is -0.139. The fraction of sp³-hybridized carbons (Fsp3) is 0.292. The number of rotatable bonds is 5. The summed E-state index contributed by atoms with van der Waals surface area (Å²) in [4.78, 5) is 31.5. The van der Waals surface area contributed by atoms with Crippen molar-refractivity contribution in [1.29, 1.82) is 0 Å². The first-order valence-electron chi connectivity index (χ1n) is 10.3. The number of aromatic nitrogens is 1. The largest absolute Gasteiger partial charge is 0.463 e. The van der Waals surface area contributed by atoms with Crippen molar-refractivity contribution in [2.45, 2.75) is 39.7 Å². The molecule has 0 radical (unpaired) electrons. The number of nitrogens with zero attached hydrogens (tertiary/aromatic N) is 2. The number of carbonyl (C=O) groups excluding carboxylic acids is 1. The first-order valence-corrected chi connectivity index (χ1v) is 12.0. The van der Waals surface area contributed by atoms with Crippen molar-refractivity contribution in [1.82, 2.24) is 4.57 Å². The zero-order valence-electron chi connectivity index (χ0n) is 18.2. The Bertz CT molecular complexity index is 1380. The second-order valence-corrected chi connectivity index (χ2v) is 9.56. The molecule has 3 aromatic rings. The minimum Gasteiger partial charge on any atom is -0.463 e. The van der Waals surface area contributed by atoms with Gasteiger partial charge in [-0.15, -0.1) is 0 Å². The summed E-state index contributed by atoms with van der Waals surface area (Å²) in [6.45, 7) is 8.03. The summed E-state index contributed by atoms with van der Waals surface area (Å²) in [6, 6.07) is 10.9. The third-order valence-corrected chi connectivity index (χ3v) is 6.71. The van der Waals surface area contributed by atoms with Crippen LogP contribution in [-0.4, -0.2) is 17.1 Å². The molecule has 1 atom stereocenters. The Balaban J connectivity index is 1.93. The van der Waals surface area contributed by atoms with E-state index in [1.165, 1.54) is 16.9 Å². The fourth-order valence-electron chi connectivity index (χ4n) is 3.71. The van der Waals surface area contributed by atoms with E-state index in [4.69, 9.17) is 9.15 Å². The quantitative estimate of drug-likeness (QED) is 0.476. The highest BCUT2D eigenvalue weighted by Gasteiger charge is 2.33. The molecule has 0 N–H and O–H groups in total. The molecule has 0 spiro atoms. The molecule has 0 saturated heterocycles. The van der Waals surface area contributed by atoms with Gasteiger partial charge in [0.25, 0.3) is 5.56 Å². The number of halogens is 1. The summed E-state index contributed by atoms with van der Waals surface area (Å²) in [5.41, 5.74) is 2.72. The minimum absolute atomic E-state index is 0.228. The topological polar surface area (TPSA) is 73.8 Å². The molecule has 0 saturated carbocycles. The predicted molar refractivity (Wildman–Crippen MR) is 127 cm³/mol. The molecule has 0 fully saturated rings. The molecular formula is C24H23BrN2O4S. The molecule has 2 aromatic heterocycles. The van der Waals surface area contributed by atoms with Gasteiger partial charge in [0.05, 0.1) is 28.5 Å². The summed E-state index contributed by atoms with van der Waals surface area (Å²) in [5, 5.41) is 0. The lowest BCUT2D eigenvalue weighted by atomic mass is 9.93. The van der Waals surface area contributed by atoms with E-state index in [2.05, 4.69) is 34.8 Å². The van der Waals surface area contributed by atoms with E-state index < -0.39 is 12.0 Å². The average molecular weight is 515 g/mol. The molecule has 32 heavy (non-hydrogen) atoms. The van der Waals surface area contributed by atoms with Crippen LogP contribution in [0.15, 0.2) is 66.5 Å². The number of benzene rings is 1. The highest BCUT2D eigenvalue weighted by molar-refractivity contribution is 9.10. The van der Waals surface area contributed by atoms with E-state index in [-0.39, 0.29) is 12.2 Å². The molecular weight excluding hydrogens is 492 g/mol. The standard InChI is InChI=1S/C24H23BrN2O4S/c1-5-30-23(29)20-14(4)26-24-27(21(20)16-8-6-15(7-9-16)13(2)3)22(28)18(32-24)12-17-10-11-19(25)31-17/h6-13,21H,5H2,1-4H3/b18-12-/t21-/m1/s1. The fourth-order valence-corrected chi connectivity index (χ4v) is 5.05. The Morgan fingerprint density at radius 3 is 2.59 bits per heavy atom. The number of ether oxygens (including phenoxy) is 1. The van der Waals surface area contributed by atoms with Gasteiger partial charge in [0.15, 0.2) is 9.47 Å². The van der Waals surface area contributed by atoms with E-state index in [0.29, 0.717) is 37.0 Å². The Hall–Kier alpha value is -2.71. The molecule has 8 heteroatoms. The molecule has 0 aliphatic carbocycles. The van der Waals surface area contributed by atoms with Gasteiger partial charge < -0.3 is 9.15 Å². The number of hydrogen-bond donors (Lipinski definition) is 0. The minimum atomic E-state index is -0.614. The van der Waals surface area contributed by atoms with Crippen LogP contribution in [0.3, 0.4) is 0 Å². The lowest BCUT2D eigenvalue weighted by Gasteiger charge is -2.25. The number of furan rings is 1. The Morgan fingerprint density at radius 2 is 2.00 bits per heavy atom. The van der Waals surface area contributed by atoms with Gasteiger partial charge in [-0.05, 0) is 59.0 Å². The molecule has 0 unspecified atom stereocenters. The molecule has 6 nitrogen and oxygen atoms in total. The number of thiazole rings is 1. The highest BCUT2D eigenvalue weighted by Crippen LogP contribution is 2.31.